The minimum absolute atomic E-state index is 0.0726. The molecule has 0 atom stereocenters. The summed E-state index contributed by atoms with van der Waals surface area (Å²) < 4.78 is 0. The zero-order valence-electron chi connectivity index (χ0n) is 11.3. The molecule has 2 rings (SSSR count). The van der Waals surface area contributed by atoms with Gasteiger partial charge in [-0.25, -0.2) is 4.98 Å². The van der Waals surface area contributed by atoms with Gasteiger partial charge in [0.2, 0.25) is 0 Å². The molecule has 5 heteroatoms. The third-order valence-electron chi connectivity index (χ3n) is 2.58. The molecule has 0 aliphatic rings. The number of aromatic nitrogens is 1. The normalized spacial score (nSPS) is 10.2. The van der Waals surface area contributed by atoms with Crippen LogP contribution in [0.4, 0.5) is 0 Å². The summed E-state index contributed by atoms with van der Waals surface area (Å²) in [5.41, 5.74) is 1.77. The molecule has 0 bridgehead atoms. The first kappa shape index (κ1) is 14.8. The van der Waals surface area contributed by atoms with E-state index >= 15 is 0 Å². The maximum absolute atomic E-state index is 11.7. The number of thioether (sulfide) groups is 1. The number of rotatable bonds is 6. The van der Waals surface area contributed by atoms with E-state index in [1.807, 2.05) is 31.2 Å². The summed E-state index contributed by atoms with van der Waals surface area (Å²) in [6.07, 6.45) is 1.66. The van der Waals surface area contributed by atoms with Crippen LogP contribution in [0.1, 0.15) is 21.1 Å². The van der Waals surface area contributed by atoms with Gasteiger partial charge >= 0.3 is 0 Å². The standard InChI is InChI=1S/C15H16N2OS2/c1-3-8-16-15(18)12-4-6-14(7-5-12)20-10-13-9-19-11(2)17-13/h3-7,9H,1,8,10H2,2H3,(H,16,18). The van der Waals surface area contributed by atoms with Crippen LogP contribution < -0.4 is 5.32 Å². The highest BCUT2D eigenvalue weighted by Crippen LogP contribution is 2.23. The Bertz CT molecular complexity index is 590. The van der Waals surface area contributed by atoms with Crippen LogP contribution in [-0.2, 0) is 5.75 Å². The molecule has 2 aromatic rings. The third-order valence-corrected chi connectivity index (χ3v) is 4.44. The monoisotopic (exact) mass is 304 g/mol. The zero-order valence-corrected chi connectivity index (χ0v) is 12.9. The smallest absolute Gasteiger partial charge is 0.251 e. The molecule has 0 aliphatic heterocycles. The number of carbonyl (C=O) groups excluding carboxylic acids is 1. The fraction of sp³-hybridized carbons (Fsp3) is 0.200. The van der Waals surface area contributed by atoms with E-state index in [1.165, 1.54) is 0 Å². The first-order chi connectivity index (χ1) is 9.69. The molecule has 0 fully saturated rings. The maximum atomic E-state index is 11.7. The van der Waals surface area contributed by atoms with Crippen molar-refractivity contribution in [3.8, 4) is 0 Å². The number of benzene rings is 1. The fourth-order valence-electron chi connectivity index (χ4n) is 1.60. The Hall–Kier alpha value is -1.59. The minimum Gasteiger partial charge on any atom is -0.349 e. The van der Waals surface area contributed by atoms with Gasteiger partial charge in [-0.3, -0.25) is 4.79 Å². The van der Waals surface area contributed by atoms with Gasteiger partial charge in [-0.15, -0.1) is 29.7 Å². The van der Waals surface area contributed by atoms with Crippen LogP contribution in [0.5, 0.6) is 0 Å². The molecule has 1 N–H and O–H groups in total. The van der Waals surface area contributed by atoms with Crippen molar-refractivity contribution in [2.75, 3.05) is 6.54 Å². The molecule has 3 nitrogen and oxygen atoms in total. The molecular weight excluding hydrogens is 288 g/mol. The van der Waals surface area contributed by atoms with Crippen LogP contribution in [0.15, 0.2) is 47.2 Å². The van der Waals surface area contributed by atoms with Crippen molar-refractivity contribution in [1.29, 1.82) is 0 Å². The molecule has 1 amide bonds. The van der Waals surface area contributed by atoms with Gasteiger partial charge in [-0.05, 0) is 31.2 Å². The van der Waals surface area contributed by atoms with Crippen LogP contribution in [0.25, 0.3) is 0 Å². The molecule has 1 aromatic heterocycles. The first-order valence-corrected chi connectivity index (χ1v) is 8.08. The summed E-state index contributed by atoms with van der Waals surface area (Å²) in [4.78, 5) is 17.3. The van der Waals surface area contributed by atoms with Gasteiger partial charge < -0.3 is 5.32 Å². The van der Waals surface area contributed by atoms with E-state index in [0.717, 1.165) is 21.3 Å². The third kappa shape index (κ3) is 4.21. The molecule has 104 valence electrons. The van der Waals surface area contributed by atoms with E-state index in [9.17, 15) is 4.79 Å². The maximum Gasteiger partial charge on any atom is 0.251 e. The van der Waals surface area contributed by atoms with Gasteiger partial charge in [0.15, 0.2) is 0 Å². The Morgan fingerprint density at radius 3 is 2.80 bits per heavy atom. The van der Waals surface area contributed by atoms with E-state index in [2.05, 4.69) is 22.3 Å². The molecule has 20 heavy (non-hydrogen) atoms. The number of nitrogens with one attached hydrogen (secondary N) is 1. The largest absolute Gasteiger partial charge is 0.349 e. The number of carbonyl (C=O) groups is 1. The van der Waals surface area contributed by atoms with E-state index in [4.69, 9.17) is 0 Å². The van der Waals surface area contributed by atoms with Gasteiger partial charge in [0.05, 0.1) is 10.7 Å². The van der Waals surface area contributed by atoms with Crippen molar-refractivity contribution < 1.29 is 4.79 Å². The summed E-state index contributed by atoms with van der Waals surface area (Å²) in [6.45, 7) is 6.07. The molecule has 0 saturated heterocycles. The van der Waals surface area contributed by atoms with Crippen LogP contribution in [0.3, 0.4) is 0 Å². The zero-order chi connectivity index (χ0) is 14.4. The fourth-order valence-corrected chi connectivity index (χ4v) is 3.11. The Morgan fingerprint density at radius 1 is 1.45 bits per heavy atom. The molecule has 1 heterocycles. The molecular formula is C15H16N2OS2. The second kappa shape index (κ2) is 7.26. The van der Waals surface area contributed by atoms with Crippen molar-refractivity contribution in [3.05, 3.63) is 58.6 Å². The molecule has 0 unspecified atom stereocenters. The topological polar surface area (TPSA) is 42.0 Å². The van der Waals surface area contributed by atoms with E-state index in [-0.39, 0.29) is 5.91 Å². The molecule has 0 saturated carbocycles. The van der Waals surface area contributed by atoms with Crippen molar-refractivity contribution >= 4 is 29.0 Å². The van der Waals surface area contributed by atoms with Crippen molar-refractivity contribution in [1.82, 2.24) is 10.3 Å². The minimum atomic E-state index is -0.0726. The lowest BCUT2D eigenvalue weighted by Crippen LogP contribution is -2.22. The van der Waals surface area contributed by atoms with E-state index in [0.29, 0.717) is 12.1 Å². The van der Waals surface area contributed by atoms with Crippen LogP contribution in [0.2, 0.25) is 0 Å². The number of nitrogens with zero attached hydrogens (tertiary/aromatic N) is 1. The molecule has 0 spiro atoms. The van der Waals surface area contributed by atoms with Gasteiger partial charge in [0.25, 0.3) is 5.91 Å². The highest BCUT2D eigenvalue weighted by atomic mass is 32.2. The van der Waals surface area contributed by atoms with Gasteiger partial charge in [0, 0.05) is 28.1 Å². The van der Waals surface area contributed by atoms with Crippen LogP contribution in [-0.4, -0.2) is 17.4 Å². The van der Waals surface area contributed by atoms with Crippen LogP contribution in [0, 0.1) is 6.92 Å². The average molecular weight is 304 g/mol. The summed E-state index contributed by atoms with van der Waals surface area (Å²) in [6, 6.07) is 7.61. The predicted octanol–water partition coefficient (Wildman–Crippen LogP) is 3.66. The average Bonchev–Trinajstić information content (AvgIpc) is 2.89. The van der Waals surface area contributed by atoms with Crippen molar-refractivity contribution in [2.24, 2.45) is 0 Å². The Labute approximate surface area is 127 Å². The van der Waals surface area contributed by atoms with Crippen LogP contribution >= 0.6 is 23.1 Å². The van der Waals surface area contributed by atoms with E-state index in [1.54, 1.807) is 29.2 Å². The second-order valence-corrected chi connectivity index (χ2v) is 6.28. The highest BCUT2D eigenvalue weighted by Gasteiger charge is 2.05. The quantitative estimate of drug-likeness (QED) is 0.654. The number of hydrogen-bond donors (Lipinski definition) is 1. The summed E-state index contributed by atoms with van der Waals surface area (Å²) in [5, 5.41) is 5.93. The Kier molecular flexibility index (Phi) is 5.38. The van der Waals surface area contributed by atoms with E-state index < -0.39 is 0 Å². The molecule has 0 aliphatic carbocycles. The number of thiazole rings is 1. The number of amides is 1. The second-order valence-electron chi connectivity index (χ2n) is 4.17. The number of hydrogen-bond acceptors (Lipinski definition) is 4. The lowest BCUT2D eigenvalue weighted by molar-refractivity contribution is 0.0958. The first-order valence-electron chi connectivity index (χ1n) is 6.22. The Balaban J connectivity index is 1.91. The van der Waals surface area contributed by atoms with Crippen molar-refractivity contribution in [3.63, 3.8) is 0 Å². The summed E-state index contributed by atoms with van der Waals surface area (Å²) in [5.74, 6) is 0.781. The van der Waals surface area contributed by atoms with Gasteiger partial charge in [-0.2, -0.15) is 0 Å². The SMILES string of the molecule is C=CCNC(=O)c1ccc(SCc2csc(C)n2)cc1. The highest BCUT2D eigenvalue weighted by molar-refractivity contribution is 7.98. The van der Waals surface area contributed by atoms with Gasteiger partial charge in [-0.1, -0.05) is 6.08 Å². The summed E-state index contributed by atoms with van der Waals surface area (Å²) in [7, 11) is 0. The predicted molar refractivity (Wildman–Crippen MR) is 85.4 cm³/mol. The molecule has 1 aromatic carbocycles. The molecule has 0 radical (unpaired) electrons. The lowest BCUT2D eigenvalue weighted by atomic mass is 10.2. The van der Waals surface area contributed by atoms with Crippen molar-refractivity contribution in [2.45, 2.75) is 17.6 Å². The van der Waals surface area contributed by atoms with Gasteiger partial charge in [0.1, 0.15) is 0 Å². The Morgan fingerprint density at radius 2 is 2.20 bits per heavy atom. The number of aryl methyl sites for hydroxylation is 1. The lowest BCUT2D eigenvalue weighted by Gasteiger charge is -2.04. The summed E-state index contributed by atoms with van der Waals surface area (Å²) >= 11 is 3.39.